The van der Waals surface area contributed by atoms with Gasteiger partial charge < -0.3 is 4.74 Å². The molecule has 7 nitrogen and oxygen atoms in total. The molecule has 3 rings (SSSR count). The number of imidazole rings is 1. The highest BCUT2D eigenvalue weighted by molar-refractivity contribution is 5.73. The van der Waals surface area contributed by atoms with Crippen molar-refractivity contribution in [3.63, 3.8) is 0 Å². The van der Waals surface area contributed by atoms with E-state index in [0.29, 0.717) is 11.0 Å². The molecule has 0 radical (unpaired) electrons. The lowest BCUT2D eigenvalue weighted by atomic mass is 9.98. The van der Waals surface area contributed by atoms with Crippen molar-refractivity contribution in [2.75, 3.05) is 0 Å². The fourth-order valence-electron chi connectivity index (χ4n) is 2.25. The van der Waals surface area contributed by atoms with Crippen LogP contribution in [0.3, 0.4) is 0 Å². The summed E-state index contributed by atoms with van der Waals surface area (Å²) < 4.78 is 6.51. The van der Waals surface area contributed by atoms with Crippen molar-refractivity contribution in [1.29, 1.82) is 0 Å². The summed E-state index contributed by atoms with van der Waals surface area (Å²) in [5, 5.41) is 7.43. The third-order valence-corrected chi connectivity index (χ3v) is 3.22. The van der Waals surface area contributed by atoms with Gasteiger partial charge in [0.15, 0.2) is 0 Å². The molecule has 100 valence electrons. The summed E-state index contributed by atoms with van der Waals surface area (Å²) in [5.41, 5.74) is 1.19. The largest absolute Gasteiger partial charge is 0.534 e. The Hall–Kier alpha value is -2.18. The van der Waals surface area contributed by atoms with E-state index in [-0.39, 0.29) is 6.10 Å². The van der Waals surface area contributed by atoms with E-state index in [1.807, 2.05) is 0 Å². The summed E-state index contributed by atoms with van der Waals surface area (Å²) in [6.07, 6.45) is 8.87. The van der Waals surface area contributed by atoms with Crippen molar-refractivity contribution in [3.05, 3.63) is 18.7 Å². The molecule has 0 atom stereocenters. The van der Waals surface area contributed by atoms with Gasteiger partial charge in [-0.1, -0.05) is 6.42 Å². The number of hydrogen-bond donors (Lipinski definition) is 0. The fraction of sp³-hybridized carbons (Fsp3) is 0.500. The Balaban J connectivity index is 1.65. The van der Waals surface area contributed by atoms with Crippen molar-refractivity contribution in [2.24, 2.45) is 0 Å². The van der Waals surface area contributed by atoms with E-state index in [1.165, 1.54) is 29.9 Å². The monoisotopic (exact) mass is 262 g/mol. The van der Waals surface area contributed by atoms with Crippen molar-refractivity contribution in [1.82, 2.24) is 19.9 Å². The van der Waals surface area contributed by atoms with E-state index in [4.69, 9.17) is 9.57 Å². The van der Waals surface area contributed by atoms with Crippen LogP contribution in [-0.2, 0) is 4.74 Å². The van der Waals surface area contributed by atoms with Gasteiger partial charge >= 0.3 is 6.16 Å². The number of ether oxygens (including phenoxy) is 1. The summed E-state index contributed by atoms with van der Waals surface area (Å²) in [5.74, 6) is 0. The van der Waals surface area contributed by atoms with Crippen LogP contribution in [0, 0.1) is 0 Å². The lowest BCUT2D eigenvalue weighted by Gasteiger charge is -2.21. The van der Waals surface area contributed by atoms with Gasteiger partial charge in [-0.05, 0) is 25.7 Å². The van der Waals surface area contributed by atoms with Crippen LogP contribution < -0.4 is 4.84 Å². The molecule has 7 heteroatoms. The Morgan fingerprint density at radius 2 is 2.00 bits per heavy atom. The minimum absolute atomic E-state index is 0.0316. The number of nitrogens with zero attached hydrogens (tertiary/aromatic N) is 4. The Kier molecular flexibility index (Phi) is 3.26. The van der Waals surface area contributed by atoms with Gasteiger partial charge in [-0.2, -0.15) is 14.9 Å². The SMILES string of the molecule is O=C(OC1CCCCC1)On1cnc2cnncc21. The highest BCUT2D eigenvalue weighted by Crippen LogP contribution is 2.20. The summed E-state index contributed by atoms with van der Waals surface area (Å²) >= 11 is 0. The smallest absolute Gasteiger partial charge is 0.429 e. The maximum atomic E-state index is 11.7. The second-order valence-corrected chi connectivity index (χ2v) is 4.55. The summed E-state index contributed by atoms with van der Waals surface area (Å²) in [7, 11) is 0. The molecule has 0 aromatic carbocycles. The third-order valence-electron chi connectivity index (χ3n) is 3.22. The molecule has 1 fully saturated rings. The van der Waals surface area contributed by atoms with E-state index in [2.05, 4.69) is 15.2 Å². The van der Waals surface area contributed by atoms with Crippen LogP contribution in [-0.4, -0.2) is 32.2 Å². The van der Waals surface area contributed by atoms with Gasteiger partial charge in [0, 0.05) is 0 Å². The molecule has 1 aliphatic carbocycles. The predicted molar refractivity (Wildman–Crippen MR) is 65.3 cm³/mol. The minimum Gasteiger partial charge on any atom is -0.429 e. The standard InChI is InChI=1S/C12H14N4O3/c17-12(18-9-4-2-1-3-5-9)19-16-8-13-10-6-14-15-7-11(10)16/h6-9H,1-5H2. The highest BCUT2D eigenvalue weighted by Gasteiger charge is 2.19. The number of carbonyl (C=O) groups excluding carboxylic acids is 1. The molecule has 0 spiro atoms. The molecule has 1 aliphatic rings. The average molecular weight is 262 g/mol. The van der Waals surface area contributed by atoms with E-state index < -0.39 is 6.16 Å². The molecule has 0 unspecified atom stereocenters. The average Bonchev–Trinajstić information content (AvgIpc) is 2.83. The number of fused-ring (bicyclic) bond motifs is 1. The number of aromatic nitrogens is 4. The number of hydrogen-bond acceptors (Lipinski definition) is 6. The Bertz CT molecular complexity index is 577. The molecule has 19 heavy (non-hydrogen) atoms. The summed E-state index contributed by atoms with van der Waals surface area (Å²) in [6, 6.07) is 0. The normalized spacial score (nSPS) is 16.4. The zero-order valence-corrected chi connectivity index (χ0v) is 10.4. The van der Waals surface area contributed by atoms with Crippen LogP contribution in [0.1, 0.15) is 32.1 Å². The zero-order valence-electron chi connectivity index (χ0n) is 10.4. The van der Waals surface area contributed by atoms with Crippen molar-refractivity contribution < 1.29 is 14.4 Å². The van der Waals surface area contributed by atoms with Gasteiger partial charge in [0.25, 0.3) is 0 Å². The van der Waals surface area contributed by atoms with Gasteiger partial charge in [-0.25, -0.2) is 9.78 Å². The molecule has 0 aliphatic heterocycles. The Labute approximate surface area is 109 Å². The topological polar surface area (TPSA) is 79.1 Å². The van der Waals surface area contributed by atoms with Crippen LogP contribution in [0.15, 0.2) is 18.7 Å². The van der Waals surface area contributed by atoms with Gasteiger partial charge in [0.1, 0.15) is 23.5 Å². The first-order chi connectivity index (χ1) is 9.33. The van der Waals surface area contributed by atoms with Crippen molar-refractivity contribution in [2.45, 2.75) is 38.2 Å². The molecule has 0 bridgehead atoms. The van der Waals surface area contributed by atoms with Crippen LogP contribution >= 0.6 is 0 Å². The predicted octanol–water partition coefficient (Wildman–Crippen LogP) is 1.72. The third kappa shape index (κ3) is 2.64. The fourth-order valence-corrected chi connectivity index (χ4v) is 2.25. The molecular formula is C12H14N4O3. The van der Waals surface area contributed by atoms with E-state index in [0.717, 1.165) is 25.7 Å². The van der Waals surface area contributed by atoms with Crippen molar-refractivity contribution in [3.8, 4) is 0 Å². The van der Waals surface area contributed by atoms with E-state index >= 15 is 0 Å². The molecule has 2 heterocycles. The van der Waals surface area contributed by atoms with E-state index in [1.54, 1.807) is 0 Å². The van der Waals surface area contributed by atoms with Gasteiger partial charge in [-0.3, -0.25) is 4.84 Å². The molecule has 0 amide bonds. The highest BCUT2D eigenvalue weighted by atomic mass is 16.8. The first kappa shape index (κ1) is 11.9. The second-order valence-electron chi connectivity index (χ2n) is 4.55. The van der Waals surface area contributed by atoms with Crippen LogP contribution in [0.2, 0.25) is 0 Å². The van der Waals surface area contributed by atoms with Crippen molar-refractivity contribution >= 4 is 17.2 Å². The zero-order chi connectivity index (χ0) is 13.1. The lowest BCUT2D eigenvalue weighted by Crippen LogP contribution is -2.27. The molecular weight excluding hydrogens is 248 g/mol. The molecule has 0 N–H and O–H groups in total. The lowest BCUT2D eigenvalue weighted by molar-refractivity contribution is 0.00890. The molecule has 2 aromatic heterocycles. The van der Waals surface area contributed by atoms with Crippen LogP contribution in [0.4, 0.5) is 4.79 Å². The number of carbonyl (C=O) groups is 1. The van der Waals surface area contributed by atoms with Crippen LogP contribution in [0.25, 0.3) is 11.0 Å². The first-order valence-electron chi connectivity index (χ1n) is 6.35. The Morgan fingerprint density at radius 1 is 1.21 bits per heavy atom. The second kappa shape index (κ2) is 5.21. The quantitative estimate of drug-likeness (QED) is 0.767. The maximum absolute atomic E-state index is 11.7. The number of rotatable bonds is 2. The first-order valence-corrected chi connectivity index (χ1v) is 6.35. The van der Waals surface area contributed by atoms with Crippen LogP contribution in [0.5, 0.6) is 0 Å². The van der Waals surface area contributed by atoms with Gasteiger partial charge in [0.05, 0.1) is 12.4 Å². The maximum Gasteiger partial charge on any atom is 0.534 e. The Morgan fingerprint density at radius 3 is 2.84 bits per heavy atom. The minimum atomic E-state index is -0.706. The van der Waals surface area contributed by atoms with Gasteiger partial charge in [-0.15, -0.1) is 0 Å². The molecule has 0 saturated heterocycles. The summed E-state index contributed by atoms with van der Waals surface area (Å²) in [6.45, 7) is 0. The summed E-state index contributed by atoms with van der Waals surface area (Å²) in [4.78, 5) is 20.8. The molecule has 1 saturated carbocycles. The van der Waals surface area contributed by atoms with Gasteiger partial charge in [0.2, 0.25) is 0 Å². The van der Waals surface area contributed by atoms with E-state index in [9.17, 15) is 4.79 Å². The molecule has 2 aromatic rings.